The summed E-state index contributed by atoms with van der Waals surface area (Å²) >= 11 is 5.87. The van der Waals surface area contributed by atoms with E-state index < -0.39 is 0 Å². The van der Waals surface area contributed by atoms with E-state index in [2.05, 4.69) is 10.6 Å². The van der Waals surface area contributed by atoms with Crippen LogP contribution in [0.4, 0.5) is 4.79 Å². The van der Waals surface area contributed by atoms with E-state index in [1.54, 1.807) is 14.2 Å². The van der Waals surface area contributed by atoms with E-state index >= 15 is 0 Å². The second-order valence-electron chi connectivity index (χ2n) is 5.61. The normalized spacial score (nSPS) is 11.5. The number of carbonyl (C=O) groups excluding carboxylic acids is 1. The highest BCUT2D eigenvalue weighted by Gasteiger charge is 2.09. The second kappa shape index (κ2) is 9.18. The number of hydrogen-bond donors (Lipinski definition) is 2. The third-order valence-electron chi connectivity index (χ3n) is 3.86. The van der Waals surface area contributed by atoms with Crippen LogP contribution in [0.1, 0.15) is 24.1 Å². The average molecular weight is 363 g/mol. The summed E-state index contributed by atoms with van der Waals surface area (Å²) in [5.74, 6) is 1.37. The van der Waals surface area contributed by atoms with Crippen molar-refractivity contribution in [2.45, 2.75) is 19.4 Å². The molecule has 2 rings (SSSR count). The molecule has 0 bridgehead atoms. The highest BCUT2D eigenvalue weighted by molar-refractivity contribution is 6.30. The van der Waals surface area contributed by atoms with Gasteiger partial charge in [-0.05, 0) is 48.7 Å². The van der Waals surface area contributed by atoms with Crippen LogP contribution in [0.5, 0.6) is 11.5 Å². The van der Waals surface area contributed by atoms with Crippen LogP contribution in [0.2, 0.25) is 5.02 Å². The number of carbonyl (C=O) groups is 1. The molecule has 0 unspecified atom stereocenters. The number of nitrogens with one attached hydrogen (secondary N) is 2. The minimum atomic E-state index is -0.206. The Morgan fingerprint density at radius 1 is 1.08 bits per heavy atom. The first-order valence-electron chi connectivity index (χ1n) is 8.04. The lowest BCUT2D eigenvalue weighted by atomic mass is 10.1. The number of methoxy groups -OCH3 is 2. The van der Waals surface area contributed by atoms with Crippen LogP contribution in [0, 0.1) is 0 Å². The summed E-state index contributed by atoms with van der Waals surface area (Å²) in [5, 5.41) is 6.44. The number of hydrogen-bond acceptors (Lipinski definition) is 3. The number of urea groups is 1. The van der Waals surface area contributed by atoms with E-state index in [4.69, 9.17) is 21.1 Å². The third-order valence-corrected chi connectivity index (χ3v) is 4.12. The zero-order chi connectivity index (χ0) is 18.2. The molecule has 0 saturated carbocycles. The van der Waals surface area contributed by atoms with E-state index in [0.717, 1.165) is 11.1 Å². The monoisotopic (exact) mass is 362 g/mol. The maximum Gasteiger partial charge on any atom is 0.315 e. The summed E-state index contributed by atoms with van der Waals surface area (Å²) in [6.07, 6.45) is 0.698. The molecule has 2 amide bonds. The second-order valence-corrected chi connectivity index (χ2v) is 6.05. The van der Waals surface area contributed by atoms with Crippen LogP contribution < -0.4 is 20.1 Å². The lowest BCUT2D eigenvalue weighted by Crippen LogP contribution is -2.38. The minimum absolute atomic E-state index is 0.0988. The van der Waals surface area contributed by atoms with Gasteiger partial charge in [-0.15, -0.1) is 0 Å². The van der Waals surface area contributed by atoms with E-state index in [9.17, 15) is 4.79 Å². The Hall–Kier alpha value is -2.40. The van der Waals surface area contributed by atoms with Crippen LogP contribution in [-0.4, -0.2) is 26.8 Å². The van der Waals surface area contributed by atoms with Gasteiger partial charge in [-0.3, -0.25) is 0 Å². The van der Waals surface area contributed by atoms with Gasteiger partial charge in [0.05, 0.1) is 20.3 Å². The molecule has 1 atom stereocenters. The molecule has 0 aliphatic heterocycles. The van der Waals surface area contributed by atoms with Gasteiger partial charge in [0.15, 0.2) is 11.5 Å². The van der Waals surface area contributed by atoms with E-state index in [1.165, 1.54) is 0 Å². The number of amides is 2. The van der Waals surface area contributed by atoms with Gasteiger partial charge in [0.25, 0.3) is 0 Å². The largest absolute Gasteiger partial charge is 0.493 e. The minimum Gasteiger partial charge on any atom is -0.493 e. The summed E-state index contributed by atoms with van der Waals surface area (Å²) in [7, 11) is 3.21. The molecule has 0 aliphatic carbocycles. The molecule has 0 aromatic heterocycles. The zero-order valence-corrected chi connectivity index (χ0v) is 15.4. The predicted molar refractivity (Wildman–Crippen MR) is 99.7 cm³/mol. The molecular formula is C19H23ClN2O3. The van der Waals surface area contributed by atoms with Crippen molar-refractivity contribution in [3.63, 3.8) is 0 Å². The Morgan fingerprint density at radius 3 is 2.40 bits per heavy atom. The van der Waals surface area contributed by atoms with Crippen molar-refractivity contribution in [2.75, 3.05) is 20.8 Å². The molecule has 2 aromatic carbocycles. The van der Waals surface area contributed by atoms with Gasteiger partial charge in [0.1, 0.15) is 0 Å². The Morgan fingerprint density at radius 2 is 1.76 bits per heavy atom. The van der Waals surface area contributed by atoms with Gasteiger partial charge in [0.2, 0.25) is 0 Å². The fraction of sp³-hybridized carbons (Fsp3) is 0.316. The molecule has 0 aliphatic rings. The highest BCUT2D eigenvalue weighted by Crippen LogP contribution is 2.27. The standard InChI is InChI=1S/C19H23ClN2O3/c1-13(15-5-7-16(20)8-6-15)22-19(23)21-11-10-14-4-9-17(24-2)18(12-14)25-3/h4-9,12-13H,10-11H2,1-3H3,(H2,21,22,23)/t13-/m0/s1. The van der Waals surface area contributed by atoms with Crippen molar-refractivity contribution in [1.29, 1.82) is 0 Å². The first-order chi connectivity index (χ1) is 12.0. The maximum absolute atomic E-state index is 12.0. The molecule has 25 heavy (non-hydrogen) atoms. The van der Waals surface area contributed by atoms with Gasteiger partial charge < -0.3 is 20.1 Å². The number of ether oxygens (including phenoxy) is 2. The summed E-state index contributed by atoms with van der Waals surface area (Å²) in [6, 6.07) is 12.8. The smallest absolute Gasteiger partial charge is 0.315 e. The fourth-order valence-electron chi connectivity index (χ4n) is 2.44. The van der Waals surface area contributed by atoms with Gasteiger partial charge >= 0.3 is 6.03 Å². The number of benzene rings is 2. The van der Waals surface area contributed by atoms with Crippen molar-refractivity contribution in [1.82, 2.24) is 10.6 Å². The summed E-state index contributed by atoms with van der Waals surface area (Å²) in [5.41, 5.74) is 2.06. The molecule has 0 fully saturated rings. The van der Waals surface area contributed by atoms with Gasteiger partial charge in [-0.2, -0.15) is 0 Å². The van der Waals surface area contributed by atoms with E-state index in [0.29, 0.717) is 29.5 Å². The number of rotatable bonds is 7. The third kappa shape index (κ3) is 5.57. The summed E-state index contributed by atoms with van der Waals surface area (Å²) in [6.45, 7) is 2.45. The fourth-order valence-corrected chi connectivity index (χ4v) is 2.56. The van der Waals surface area contributed by atoms with Crippen LogP contribution >= 0.6 is 11.6 Å². The molecule has 0 spiro atoms. The Kier molecular flexibility index (Phi) is 6.95. The molecule has 0 radical (unpaired) electrons. The van der Waals surface area contributed by atoms with Gasteiger partial charge in [-0.25, -0.2) is 4.79 Å². The summed E-state index contributed by atoms with van der Waals surface area (Å²) in [4.78, 5) is 12.0. The summed E-state index contributed by atoms with van der Waals surface area (Å²) < 4.78 is 10.5. The van der Waals surface area contributed by atoms with Crippen molar-refractivity contribution >= 4 is 17.6 Å². The molecular weight excluding hydrogens is 340 g/mol. The Bertz CT molecular complexity index is 704. The van der Waals surface area contributed by atoms with Crippen molar-refractivity contribution in [3.05, 3.63) is 58.6 Å². The number of halogens is 1. The first kappa shape index (κ1) is 18.9. The van der Waals surface area contributed by atoms with E-state index in [-0.39, 0.29) is 12.1 Å². The zero-order valence-electron chi connectivity index (χ0n) is 14.6. The molecule has 2 aromatic rings. The van der Waals surface area contributed by atoms with Crippen LogP contribution in [0.25, 0.3) is 0 Å². The SMILES string of the molecule is COc1ccc(CCNC(=O)N[C@@H](C)c2ccc(Cl)cc2)cc1OC. The van der Waals surface area contributed by atoms with Crippen molar-refractivity contribution in [3.8, 4) is 11.5 Å². The van der Waals surface area contributed by atoms with E-state index in [1.807, 2.05) is 49.4 Å². The van der Waals surface area contributed by atoms with Gasteiger partial charge in [-0.1, -0.05) is 29.8 Å². The lowest BCUT2D eigenvalue weighted by molar-refractivity contribution is 0.238. The quantitative estimate of drug-likeness (QED) is 0.783. The van der Waals surface area contributed by atoms with Crippen molar-refractivity contribution < 1.29 is 14.3 Å². The first-order valence-corrected chi connectivity index (χ1v) is 8.42. The molecule has 134 valence electrons. The van der Waals surface area contributed by atoms with Crippen LogP contribution in [-0.2, 0) is 6.42 Å². The highest BCUT2D eigenvalue weighted by atomic mass is 35.5. The Labute approximate surface area is 153 Å². The maximum atomic E-state index is 12.0. The molecule has 0 heterocycles. The van der Waals surface area contributed by atoms with Crippen molar-refractivity contribution in [2.24, 2.45) is 0 Å². The van der Waals surface area contributed by atoms with Gasteiger partial charge in [0, 0.05) is 11.6 Å². The lowest BCUT2D eigenvalue weighted by Gasteiger charge is -2.15. The Balaban J connectivity index is 1.81. The molecule has 5 nitrogen and oxygen atoms in total. The predicted octanol–water partition coefficient (Wildman–Crippen LogP) is 3.96. The molecule has 6 heteroatoms. The topological polar surface area (TPSA) is 59.6 Å². The van der Waals surface area contributed by atoms with Crippen LogP contribution in [0.3, 0.4) is 0 Å². The molecule has 2 N–H and O–H groups in total. The molecule has 0 saturated heterocycles. The average Bonchev–Trinajstić information content (AvgIpc) is 2.62. The van der Waals surface area contributed by atoms with Crippen LogP contribution in [0.15, 0.2) is 42.5 Å².